The maximum Gasteiger partial charge on any atom is 0.237 e. The molecule has 1 aliphatic carbocycles. The third-order valence-corrected chi connectivity index (χ3v) is 5.10. The van der Waals surface area contributed by atoms with Gasteiger partial charge in [-0.25, -0.2) is 0 Å². The second-order valence-electron chi connectivity index (χ2n) is 7.36. The predicted octanol–water partition coefficient (Wildman–Crippen LogP) is 1.20. The van der Waals surface area contributed by atoms with Gasteiger partial charge in [-0.2, -0.15) is 5.10 Å². The topological polar surface area (TPSA) is 103 Å². The van der Waals surface area contributed by atoms with Crippen LogP contribution in [0.25, 0.3) is 0 Å². The number of H-pyrrole nitrogens is 1. The van der Waals surface area contributed by atoms with Gasteiger partial charge in [-0.05, 0) is 38.0 Å². The van der Waals surface area contributed by atoms with Gasteiger partial charge in [0.15, 0.2) is 0 Å². The molecule has 0 aromatic carbocycles. The Morgan fingerprint density at radius 2 is 2.26 bits per heavy atom. The van der Waals surface area contributed by atoms with E-state index in [1.165, 1.54) is 12.8 Å². The first-order valence-corrected chi connectivity index (χ1v) is 9.46. The van der Waals surface area contributed by atoms with Crippen molar-refractivity contribution in [3.8, 4) is 0 Å². The summed E-state index contributed by atoms with van der Waals surface area (Å²) in [5.74, 6) is 1.96. The number of amides is 2. The molecule has 144 valence electrons. The van der Waals surface area contributed by atoms with Crippen molar-refractivity contribution in [2.24, 2.45) is 0 Å². The number of hydrogen-bond acceptors (Lipinski definition) is 5. The summed E-state index contributed by atoms with van der Waals surface area (Å²) in [5, 5.41) is 13.0. The molecule has 1 saturated carbocycles. The molecule has 1 atom stereocenters. The van der Waals surface area contributed by atoms with Gasteiger partial charge in [0.1, 0.15) is 11.5 Å². The average molecular weight is 371 g/mol. The monoisotopic (exact) mass is 371 g/mol. The number of carbonyl (C=O) groups excluding carboxylic acids is 2. The van der Waals surface area contributed by atoms with Crippen molar-refractivity contribution in [1.82, 2.24) is 25.7 Å². The van der Waals surface area contributed by atoms with Crippen LogP contribution in [-0.2, 0) is 22.7 Å². The van der Waals surface area contributed by atoms with E-state index < -0.39 is 6.04 Å². The lowest BCUT2D eigenvalue weighted by molar-refractivity contribution is -0.134. The zero-order chi connectivity index (χ0) is 18.8. The molecule has 2 aromatic heterocycles. The number of nitrogens with one attached hydrogen (secondary N) is 3. The molecule has 2 aliphatic rings. The first-order valence-electron chi connectivity index (χ1n) is 9.46. The van der Waals surface area contributed by atoms with Crippen molar-refractivity contribution in [1.29, 1.82) is 0 Å². The summed E-state index contributed by atoms with van der Waals surface area (Å²) in [5.41, 5.74) is 1.96. The minimum Gasteiger partial charge on any atom is -0.465 e. The first kappa shape index (κ1) is 17.8. The Morgan fingerprint density at radius 3 is 3.00 bits per heavy atom. The lowest BCUT2D eigenvalue weighted by Crippen LogP contribution is -2.56. The van der Waals surface area contributed by atoms with Gasteiger partial charge in [-0.3, -0.25) is 19.6 Å². The summed E-state index contributed by atoms with van der Waals surface area (Å²) in [6.07, 6.45) is 2.51. The van der Waals surface area contributed by atoms with Crippen LogP contribution in [0.3, 0.4) is 0 Å². The fourth-order valence-electron chi connectivity index (χ4n) is 3.44. The molecule has 0 radical (unpaired) electrons. The zero-order valence-electron chi connectivity index (χ0n) is 15.5. The van der Waals surface area contributed by atoms with Crippen molar-refractivity contribution < 1.29 is 14.0 Å². The summed E-state index contributed by atoms with van der Waals surface area (Å²) in [4.78, 5) is 26.7. The van der Waals surface area contributed by atoms with Gasteiger partial charge in [0, 0.05) is 19.0 Å². The molecule has 8 heteroatoms. The highest BCUT2D eigenvalue weighted by Gasteiger charge is 2.32. The largest absolute Gasteiger partial charge is 0.465 e. The quantitative estimate of drug-likeness (QED) is 0.678. The number of carbonyl (C=O) groups is 2. The van der Waals surface area contributed by atoms with E-state index in [0.717, 1.165) is 22.9 Å². The standard InChI is InChI=1S/C19H25N5O3/c1-12-2-5-15(27-12)11-24-7-6-20-19(26)17(24)9-18(25)21-10-14-8-16(23-22-14)13-3-4-13/h2,5,8,13,17H,3-4,6-7,9-11H2,1H3,(H,20,26)(H,21,25)(H,22,23). The molecular formula is C19H25N5O3. The molecule has 3 heterocycles. The Morgan fingerprint density at radius 1 is 1.41 bits per heavy atom. The van der Waals surface area contributed by atoms with Crippen LogP contribution in [-0.4, -0.2) is 46.0 Å². The van der Waals surface area contributed by atoms with Gasteiger partial charge in [0.25, 0.3) is 0 Å². The van der Waals surface area contributed by atoms with Gasteiger partial charge in [0.05, 0.1) is 36.9 Å². The molecule has 1 saturated heterocycles. The van der Waals surface area contributed by atoms with E-state index in [-0.39, 0.29) is 18.2 Å². The Bertz CT molecular complexity index is 823. The van der Waals surface area contributed by atoms with Crippen molar-refractivity contribution in [3.05, 3.63) is 41.1 Å². The van der Waals surface area contributed by atoms with E-state index in [1.54, 1.807) is 0 Å². The molecule has 8 nitrogen and oxygen atoms in total. The number of nitrogens with zero attached hydrogens (tertiary/aromatic N) is 2. The van der Waals surface area contributed by atoms with E-state index in [0.29, 0.717) is 32.1 Å². The molecule has 0 bridgehead atoms. The number of hydrogen-bond donors (Lipinski definition) is 3. The lowest BCUT2D eigenvalue weighted by Gasteiger charge is -2.34. The third kappa shape index (κ3) is 4.39. The van der Waals surface area contributed by atoms with Gasteiger partial charge in [-0.1, -0.05) is 0 Å². The van der Waals surface area contributed by atoms with Crippen LogP contribution in [0.1, 0.15) is 48.1 Å². The van der Waals surface area contributed by atoms with E-state index in [1.807, 2.05) is 30.0 Å². The fourth-order valence-corrected chi connectivity index (χ4v) is 3.44. The normalized spacial score (nSPS) is 20.5. The highest BCUT2D eigenvalue weighted by atomic mass is 16.3. The van der Waals surface area contributed by atoms with Crippen molar-refractivity contribution in [2.75, 3.05) is 13.1 Å². The second kappa shape index (κ2) is 7.56. The second-order valence-corrected chi connectivity index (χ2v) is 7.36. The summed E-state index contributed by atoms with van der Waals surface area (Å²) >= 11 is 0. The molecule has 2 aromatic rings. The molecule has 3 N–H and O–H groups in total. The van der Waals surface area contributed by atoms with Gasteiger partial charge in [0.2, 0.25) is 11.8 Å². The number of piperazine rings is 1. The number of furan rings is 1. The molecule has 0 spiro atoms. The van der Waals surface area contributed by atoms with Crippen molar-refractivity contribution in [2.45, 2.75) is 51.2 Å². The van der Waals surface area contributed by atoms with Crippen molar-refractivity contribution in [3.63, 3.8) is 0 Å². The van der Waals surface area contributed by atoms with Crippen molar-refractivity contribution >= 4 is 11.8 Å². The van der Waals surface area contributed by atoms with Crippen LogP contribution in [0, 0.1) is 6.92 Å². The number of rotatable bonds is 7. The predicted molar refractivity (Wildman–Crippen MR) is 97.7 cm³/mol. The van der Waals surface area contributed by atoms with Gasteiger partial charge in [-0.15, -0.1) is 0 Å². The van der Waals surface area contributed by atoms with Crippen LogP contribution in [0.5, 0.6) is 0 Å². The average Bonchev–Trinajstić information content (AvgIpc) is 3.25. The van der Waals surface area contributed by atoms with E-state index in [9.17, 15) is 9.59 Å². The van der Waals surface area contributed by atoms with E-state index >= 15 is 0 Å². The molecule has 2 fully saturated rings. The van der Waals surface area contributed by atoms with E-state index in [2.05, 4.69) is 20.8 Å². The van der Waals surface area contributed by atoms with Crippen LogP contribution < -0.4 is 10.6 Å². The molecule has 1 aliphatic heterocycles. The van der Waals surface area contributed by atoms with Crippen LogP contribution in [0.4, 0.5) is 0 Å². The molecule has 2 amide bonds. The lowest BCUT2D eigenvalue weighted by atomic mass is 10.1. The minimum atomic E-state index is -0.493. The number of aryl methyl sites for hydroxylation is 1. The van der Waals surface area contributed by atoms with Gasteiger partial charge < -0.3 is 15.1 Å². The number of aromatic amines is 1. The molecule has 1 unspecified atom stereocenters. The summed E-state index contributed by atoms with van der Waals surface area (Å²) in [7, 11) is 0. The molecular weight excluding hydrogens is 346 g/mol. The SMILES string of the molecule is Cc1ccc(CN2CCNC(=O)C2CC(=O)NCc2cc(C3CC3)n[nH]2)o1. The highest BCUT2D eigenvalue weighted by Crippen LogP contribution is 2.38. The van der Waals surface area contributed by atoms with Gasteiger partial charge >= 0.3 is 0 Å². The van der Waals surface area contributed by atoms with Crippen LogP contribution in [0.2, 0.25) is 0 Å². The maximum atomic E-state index is 12.4. The molecule has 27 heavy (non-hydrogen) atoms. The summed E-state index contributed by atoms with van der Waals surface area (Å²) < 4.78 is 5.62. The smallest absolute Gasteiger partial charge is 0.237 e. The highest BCUT2D eigenvalue weighted by molar-refractivity contribution is 5.88. The summed E-state index contributed by atoms with van der Waals surface area (Å²) in [6.45, 7) is 4.07. The van der Waals surface area contributed by atoms with Crippen LogP contribution >= 0.6 is 0 Å². The fraction of sp³-hybridized carbons (Fsp3) is 0.526. The zero-order valence-corrected chi connectivity index (χ0v) is 15.5. The van der Waals surface area contributed by atoms with Crippen LogP contribution in [0.15, 0.2) is 22.6 Å². The Kier molecular flexibility index (Phi) is 4.98. The number of aromatic nitrogens is 2. The first-order chi connectivity index (χ1) is 13.1. The Labute approximate surface area is 157 Å². The van der Waals surface area contributed by atoms with E-state index in [4.69, 9.17) is 4.42 Å². The Hall–Kier alpha value is -2.61. The minimum absolute atomic E-state index is 0.114. The molecule has 4 rings (SSSR count). The third-order valence-electron chi connectivity index (χ3n) is 5.10. The summed E-state index contributed by atoms with van der Waals surface area (Å²) in [6, 6.07) is 5.33. The Balaban J connectivity index is 1.32. The maximum absolute atomic E-state index is 12.4.